The number of nitro benzene ring substituents is 1. The van der Waals surface area contributed by atoms with Gasteiger partial charge in [0.1, 0.15) is 11.4 Å². The van der Waals surface area contributed by atoms with Crippen LogP contribution in [0.4, 0.5) is 10.5 Å². The zero-order valence-corrected chi connectivity index (χ0v) is 11.7. The predicted octanol–water partition coefficient (Wildman–Crippen LogP) is 1.59. The van der Waals surface area contributed by atoms with Crippen LogP contribution in [0, 0.1) is 10.1 Å². The first-order valence-corrected chi connectivity index (χ1v) is 6.08. The van der Waals surface area contributed by atoms with Crippen molar-refractivity contribution in [2.45, 2.75) is 0 Å². The molecule has 1 aliphatic rings. The Kier molecular flexibility index (Phi) is 3.45. The fourth-order valence-corrected chi connectivity index (χ4v) is 2.06. The van der Waals surface area contributed by atoms with Crippen LogP contribution in [-0.4, -0.2) is 33.9 Å². The number of phenols is 1. The highest BCUT2D eigenvalue weighted by atomic mass is 79.9. The number of carbonyl (C=O) groups excluding carboxylic acids is 2. The van der Waals surface area contributed by atoms with Crippen LogP contribution in [-0.2, 0) is 4.79 Å². The molecule has 1 aromatic carbocycles. The summed E-state index contributed by atoms with van der Waals surface area (Å²) >= 11 is 2.99. The molecule has 0 saturated carbocycles. The summed E-state index contributed by atoms with van der Waals surface area (Å²) in [7, 11) is 1.29. The Hall–Kier alpha value is -2.42. The Morgan fingerprint density at radius 2 is 2.10 bits per heavy atom. The monoisotopic (exact) mass is 341 g/mol. The third kappa shape index (κ3) is 2.35. The maximum Gasteiger partial charge on any atom is 0.328 e. The first kappa shape index (κ1) is 14.0. The lowest BCUT2D eigenvalue weighted by atomic mass is 10.1. The number of carbonyl (C=O) groups is 2. The molecule has 0 atom stereocenters. The van der Waals surface area contributed by atoms with Gasteiger partial charge in [-0.15, -0.1) is 0 Å². The maximum atomic E-state index is 11.7. The van der Waals surface area contributed by atoms with Gasteiger partial charge in [0.15, 0.2) is 0 Å². The minimum atomic E-state index is -0.632. The smallest absolute Gasteiger partial charge is 0.328 e. The zero-order chi connectivity index (χ0) is 15.0. The van der Waals surface area contributed by atoms with Gasteiger partial charge >= 0.3 is 6.03 Å². The van der Waals surface area contributed by atoms with Crippen molar-refractivity contribution in [1.29, 1.82) is 0 Å². The molecule has 0 aromatic heterocycles. The highest BCUT2D eigenvalue weighted by molar-refractivity contribution is 9.10. The Labute approximate surface area is 121 Å². The second-order valence-electron chi connectivity index (χ2n) is 3.97. The summed E-state index contributed by atoms with van der Waals surface area (Å²) in [5, 5.41) is 22.9. The van der Waals surface area contributed by atoms with E-state index in [9.17, 15) is 24.8 Å². The quantitative estimate of drug-likeness (QED) is 0.367. The highest BCUT2D eigenvalue weighted by Crippen LogP contribution is 2.34. The van der Waals surface area contributed by atoms with Gasteiger partial charge in [0.05, 0.1) is 9.40 Å². The summed E-state index contributed by atoms with van der Waals surface area (Å²) in [6, 6.07) is 1.63. The lowest BCUT2D eigenvalue weighted by Crippen LogP contribution is -2.25. The number of imide groups is 1. The predicted molar refractivity (Wildman–Crippen MR) is 71.7 cm³/mol. The number of nitro groups is 1. The number of nitrogens with one attached hydrogen (secondary N) is 1. The largest absolute Gasteiger partial charge is 0.506 e. The fourth-order valence-electron chi connectivity index (χ4n) is 1.60. The summed E-state index contributed by atoms with van der Waals surface area (Å²) in [5.74, 6) is -0.850. The zero-order valence-electron chi connectivity index (χ0n) is 10.1. The minimum absolute atomic E-state index is 0.0463. The summed E-state index contributed by atoms with van der Waals surface area (Å²) in [6.45, 7) is 0. The molecule has 0 radical (unpaired) electrons. The Balaban J connectivity index is 2.51. The Morgan fingerprint density at radius 3 is 2.60 bits per heavy atom. The number of nitrogens with zero attached hydrogens (tertiary/aromatic N) is 2. The second-order valence-corrected chi connectivity index (χ2v) is 4.83. The van der Waals surface area contributed by atoms with Crippen LogP contribution in [0.1, 0.15) is 5.56 Å². The van der Waals surface area contributed by atoms with Crippen molar-refractivity contribution < 1.29 is 19.6 Å². The van der Waals surface area contributed by atoms with Crippen molar-refractivity contribution in [2.75, 3.05) is 7.05 Å². The number of amides is 3. The summed E-state index contributed by atoms with van der Waals surface area (Å²) in [5.41, 5.74) is -0.281. The lowest BCUT2D eigenvalue weighted by Gasteiger charge is -2.03. The van der Waals surface area contributed by atoms with Gasteiger partial charge in [0, 0.05) is 24.7 Å². The van der Waals surface area contributed by atoms with Crippen LogP contribution in [0.3, 0.4) is 0 Å². The van der Waals surface area contributed by atoms with Gasteiger partial charge in [-0.1, -0.05) is 0 Å². The molecule has 1 fully saturated rings. The molecule has 9 heteroatoms. The van der Waals surface area contributed by atoms with E-state index < -0.39 is 16.9 Å². The molecule has 0 bridgehead atoms. The molecular weight excluding hydrogens is 334 g/mol. The number of non-ortho nitro benzene ring substituents is 1. The van der Waals surface area contributed by atoms with Gasteiger partial charge < -0.3 is 10.4 Å². The molecule has 1 aliphatic heterocycles. The molecule has 0 aliphatic carbocycles. The third-order valence-electron chi connectivity index (χ3n) is 2.67. The lowest BCUT2D eigenvalue weighted by molar-refractivity contribution is -0.385. The van der Waals surface area contributed by atoms with Crippen molar-refractivity contribution >= 4 is 39.6 Å². The molecule has 1 heterocycles. The number of phenolic OH excluding ortho intramolecular Hbond substituents is 1. The van der Waals surface area contributed by atoms with Crippen molar-refractivity contribution in [3.05, 3.63) is 38.0 Å². The molecule has 2 N–H and O–H groups in total. The minimum Gasteiger partial charge on any atom is -0.506 e. The summed E-state index contributed by atoms with van der Waals surface area (Å²) in [4.78, 5) is 34.0. The van der Waals surface area contributed by atoms with E-state index in [1.165, 1.54) is 13.1 Å². The maximum absolute atomic E-state index is 11.7. The molecule has 104 valence electrons. The van der Waals surface area contributed by atoms with E-state index >= 15 is 0 Å². The number of hydrogen-bond donors (Lipinski definition) is 2. The van der Waals surface area contributed by atoms with Crippen LogP contribution >= 0.6 is 15.9 Å². The van der Waals surface area contributed by atoms with E-state index in [1.54, 1.807) is 0 Å². The van der Waals surface area contributed by atoms with Crippen LogP contribution in [0.25, 0.3) is 6.08 Å². The molecule has 1 saturated heterocycles. The first-order chi connectivity index (χ1) is 9.31. The molecule has 3 amide bonds. The van der Waals surface area contributed by atoms with E-state index in [0.717, 1.165) is 17.0 Å². The van der Waals surface area contributed by atoms with Crippen molar-refractivity contribution in [3.8, 4) is 5.75 Å². The van der Waals surface area contributed by atoms with Crippen LogP contribution in [0.2, 0.25) is 0 Å². The van der Waals surface area contributed by atoms with Crippen LogP contribution in [0.15, 0.2) is 22.3 Å². The van der Waals surface area contributed by atoms with Gasteiger partial charge in [0.25, 0.3) is 11.6 Å². The summed E-state index contributed by atoms with van der Waals surface area (Å²) < 4.78 is 0.115. The second kappa shape index (κ2) is 4.93. The Bertz CT molecular complexity index is 670. The Morgan fingerprint density at radius 1 is 1.45 bits per heavy atom. The average Bonchev–Trinajstić information content (AvgIpc) is 2.62. The number of halogens is 1. The average molecular weight is 342 g/mol. The van der Waals surface area contributed by atoms with E-state index in [0.29, 0.717) is 0 Å². The number of rotatable bonds is 2. The standard InChI is InChI=1S/C11H8BrN3O5/c1-14-10(17)8(13-11(14)18)3-5-2-6(15(19)20)4-7(12)9(5)16/h2-4,16H,1H3,(H,13,18)/b8-3+. The third-order valence-corrected chi connectivity index (χ3v) is 3.27. The topological polar surface area (TPSA) is 113 Å². The van der Waals surface area contributed by atoms with Crippen LogP contribution < -0.4 is 5.32 Å². The highest BCUT2D eigenvalue weighted by Gasteiger charge is 2.30. The van der Waals surface area contributed by atoms with E-state index in [2.05, 4.69) is 21.2 Å². The van der Waals surface area contributed by atoms with Gasteiger partial charge in [-0.3, -0.25) is 19.8 Å². The number of benzene rings is 1. The number of hydrogen-bond acceptors (Lipinski definition) is 5. The van der Waals surface area contributed by atoms with E-state index in [1.807, 2.05) is 0 Å². The molecule has 0 spiro atoms. The van der Waals surface area contributed by atoms with E-state index in [4.69, 9.17) is 0 Å². The van der Waals surface area contributed by atoms with Crippen molar-refractivity contribution in [3.63, 3.8) is 0 Å². The number of aromatic hydroxyl groups is 1. The molecule has 2 rings (SSSR count). The van der Waals surface area contributed by atoms with Gasteiger partial charge in [-0.05, 0) is 22.0 Å². The summed E-state index contributed by atoms with van der Waals surface area (Å²) in [6.07, 6.45) is 1.18. The van der Waals surface area contributed by atoms with Gasteiger partial charge in [-0.2, -0.15) is 0 Å². The van der Waals surface area contributed by atoms with Gasteiger partial charge in [0.2, 0.25) is 0 Å². The SMILES string of the molecule is CN1C(=O)N/C(=C/c2cc([N+](=O)[O-])cc(Br)c2O)C1=O. The molecule has 1 aromatic rings. The van der Waals surface area contributed by atoms with Gasteiger partial charge in [-0.25, -0.2) is 4.79 Å². The molecule has 8 nitrogen and oxygen atoms in total. The van der Waals surface area contributed by atoms with E-state index in [-0.39, 0.29) is 27.2 Å². The normalized spacial score (nSPS) is 16.7. The fraction of sp³-hybridized carbons (Fsp3) is 0.0909. The number of likely N-dealkylation sites (N-methyl/N-ethyl adjacent to an activating group) is 1. The van der Waals surface area contributed by atoms with Crippen molar-refractivity contribution in [2.24, 2.45) is 0 Å². The number of urea groups is 1. The first-order valence-electron chi connectivity index (χ1n) is 5.29. The molecular formula is C11H8BrN3O5. The van der Waals surface area contributed by atoms with Crippen molar-refractivity contribution in [1.82, 2.24) is 10.2 Å². The molecule has 20 heavy (non-hydrogen) atoms. The van der Waals surface area contributed by atoms with Crippen LogP contribution in [0.5, 0.6) is 5.75 Å². The molecule has 0 unspecified atom stereocenters.